The Bertz CT molecular complexity index is 2180. The molecule has 12 heteroatoms. The Balaban J connectivity index is 1.64. The number of rotatable bonds is 4. The number of carbonyl (C=O) groups is 1. The topological polar surface area (TPSA) is 109 Å². The molecule has 2 aliphatic rings. The molecule has 2 atom stereocenters. The molecule has 2 aromatic carbocycles. The molecule has 7 rings (SSSR count). The minimum atomic E-state index is -0.682. The van der Waals surface area contributed by atoms with E-state index in [1.165, 1.54) is 10.6 Å². The summed E-state index contributed by atoms with van der Waals surface area (Å²) >= 11 is 7.23. The van der Waals surface area contributed by atoms with E-state index in [1.54, 1.807) is 23.4 Å². The van der Waals surface area contributed by atoms with Crippen molar-refractivity contribution in [1.29, 1.82) is 0 Å². The number of fused-ring (bicyclic) bond motifs is 3. The number of benzene rings is 2. The number of hydrogen-bond donors (Lipinski definition) is 1. The third-order valence-corrected chi connectivity index (χ3v) is 9.79. The molecule has 5 aromatic rings. The van der Waals surface area contributed by atoms with Crippen LogP contribution in [0.25, 0.3) is 38.6 Å². The minimum Gasteiger partial charge on any atom is -0.491 e. The first-order chi connectivity index (χ1) is 22.5. The van der Waals surface area contributed by atoms with Crippen LogP contribution in [0, 0.1) is 19.7 Å². The molecule has 0 radical (unpaired) electrons. The van der Waals surface area contributed by atoms with Gasteiger partial charge in [-0.3, -0.25) is 19.4 Å². The first-order valence-corrected chi connectivity index (χ1v) is 16.1. The summed E-state index contributed by atoms with van der Waals surface area (Å²) in [5.74, 6) is -0.420. The molecule has 1 amide bonds. The van der Waals surface area contributed by atoms with Crippen LogP contribution in [-0.2, 0) is 4.79 Å². The number of halogens is 2. The van der Waals surface area contributed by atoms with Gasteiger partial charge < -0.3 is 14.5 Å². The predicted molar refractivity (Wildman–Crippen MR) is 181 cm³/mol. The van der Waals surface area contributed by atoms with Crippen molar-refractivity contribution in [3.05, 3.63) is 81.4 Å². The first kappa shape index (κ1) is 30.9. The number of aromatic nitrogens is 5. The molecule has 0 bridgehead atoms. The molecule has 0 aliphatic carbocycles. The van der Waals surface area contributed by atoms with Crippen LogP contribution >= 0.6 is 11.6 Å². The molecule has 47 heavy (non-hydrogen) atoms. The number of nitrogens with one attached hydrogen (secondary N) is 1. The third-order valence-electron chi connectivity index (χ3n) is 9.43. The molecule has 0 saturated carbocycles. The zero-order valence-corrected chi connectivity index (χ0v) is 27.7. The summed E-state index contributed by atoms with van der Waals surface area (Å²) in [6.45, 7) is 14.3. The van der Waals surface area contributed by atoms with Crippen molar-refractivity contribution in [2.24, 2.45) is 0 Å². The van der Waals surface area contributed by atoms with Crippen LogP contribution in [0.2, 0.25) is 5.02 Å². The number of carbonyl (C=O) groups excluding carboxylic acids is 1. The lowest BCUT2D eigenvalue weighted by molar-refractivity contribution is -0.129. The van der Waals surface area contributed by atoms with E-state index in [0.717, 1.165) is 11.1 Å². The fourth-order valence-corrected chi connectivity index (χ4v) is 7.47. The molecule has 242 valence electrons. The van der Waals surface area contributed by atoms with Crippen LogP contribution in [0.4, 0.5) is 10.2 Å². The van der Waals surface area contributed by atoms with Gasteiger partial charge in [0, 0.05) is 48.3 Å². The number of H-pyrrole nitrogens is 1. The number of ether oxygens (including phenoxy) is 1. The molecule has 1 N–H and O–H groups in total. The molecular weight excluding hydrogens is 621 g/mol. The van der Waals surface area contributed by atoms with E-state index in [4.69, 9.17) is 16.3 Å². The van der Waals surface area contributed by atoms with E-state index >= 15 is 4.39 Å². The summed E-state index contributed by atoms with van der Waals surface area (Å²) in [6, 6.07) is 5.08. The Labute approximate surface area is 275 Å². The molecule has 1 saturated heterocycles. The fourth-order valence-electron chi connectivity index (χ4n) is 7.14. The zero-order valence-electron chi connectivity index (χ0n) is 26.9. The van der Waals surface area contributed by atoms with Crippen LogP contribution in [0.5, 0.6) is 5.75 Å². The maximum Gasteiger partial charge on any atom is 0.354 e. The highest BCUT2D eigenvalue weighted by Crippen LogP contribution is 2.50. The van der Waals surface area contributed by atoms with Gasteiger partial charge in [-0.05, 0) is 56.0 Å². The monoisotopic (exact) mass is 655 g/mol. The third kappa shape index (κ3) is 4.70. The Morgan fingerprint density at radius 3 is 2.72 bits per heavy atom. The highest BCUT2D eigenvalue weighted by atomic mass is 35.5. The SMILES string of the molecule is C=CC(=O)N1CC2CCOc3c(Cl)c(-c4c(C)ccc5[nH]ncc45)c(F)c4c3c(nc(=O)n4-c3c(C)ccnc3C(C)C)N2CC1C. The van der Waals surface area contributed by atoms with E-state index in [1.807, 2.05) is 51.7 Å². The number of nitrogens with zero attached hydrogens (tertiary/aromatic N) is 6. The number of aryl methyl sites for hydroxylation is 2. The largest absolute Gasteiger partial charge is 0.491 e. The summed E-state index contributed by atoms with van der Waals surface area (Å²) < 4.78 is 25.6. The number of hydrogen-bond acceptors (Lipinski definition) is 7. The zero-order chi connectivity index (χ0) is 33.3. The second kappa shape index (κ2) is 11.5. The van der Waals surface area contributed by atoms with E-state index in [0.29, 0.717) is 52.7 Å². The van der Waals surface area contributed by atoms with E-state index in [2.05, 4.69) is 26.7 Å². The van der Waals surface area contributed by atoms with Gasteiger partial charge in [-0.2, -0.15) is 10.1 Å². The van der Waals surface area contributed by atoms with Crippen molar-refractivity contribution in [2.45, 2.75) is 59.0 Å². The average Bonchev–Trinajstić information content (AvgIpc) is 3.52. The maximum atomic E-state index is 17.8. The minimum absolute atomic E-state index is 0.00481. The fraction of sp³-hybridized carbons (Fsp3) is 0.343. The highest BCUT2D eigenvalue weighted by molar-refractivity contribution is 6.37. The Morgan fingerprint density at radius 2 is 1.98 bits per heavy atom. The maximum absolute atomic E-state index is 17.8. The van der Waals surface area contributed by atoms with E-state index < -0.39 is 11.5 Å². The van der Waals surface area contributed by atoms with Crippen LogP contribution < -0.4 is 15.3 Å². The molecular formula is C35H35ClFN7O3. The molecule has 5 heterocycles. The average molecular weight is 656 g/mol. The van der Waals surface area contributed by atoms with Gasteiger partial charge in [0.25, 0.3) is 0 Å². The van der Waals surface area contributed by atoms with Gasteiger partial charge in [0.15, 0.2) is 11.6 Å². The number of aromatic amines is 1. The van der Waals surface area contributed by atoms with E-state index in [-0.39, 0.29) is 58.2 Å². The molecule has 0 spiro atoms. The Morgan fingerprint density at radius 1 is 1.19 bits per heavy atom. The smallest absolute Gasteiger partial charge is 0.354 e. The predicted octanol–water partition coefficient (Wildman–Crippen LogP) is 6.23. The Kier molecular flexibility index (Phi) is 7.54. The van der Waals surface area contributed by atoms with Crippen molar-refractivity contribution in [1.82, 2.24) is 29.6 Å². The van der Waals surface area contributed by atoms with Gasteiger partial charge in [-0.1, -0.05) is 38.1 Å². The summed E-state index contributed by atoms with van der Waals surface area (Å²) in [5.41, 5.74) is 3.34. The number of pyridine rings is 1. The van der Waals surface area contributed by atoms with Crippen LogP contribution in [-0.4, -0.2) is 67.3 Å². The van der Waals surface area contributed by atoms with Crippen molar-refractivity contribution < 1.29 is 13.9 Å². The normalized spacial score (nSPS) is 17.9. The molecule has 3 aromatic heterocycles. The summed E-state index contributed by atoms with van der Waals surface area (Å²) in [4.78, 5) is 40.2. The molecule has 1 fully saturated rings. The first-order valence-electron chi connectivity index (χ1n) is 15.7. The highest BCUT2D eigenvalue weighted by Gasteiger charge is 2.39. The molecule has 2 unspecified atom stereocenters. The standard InChI is InChI=1S/C35H35ClFN7O3/c1-7-24(45)42-16-21-11-13-47-33-27-32(29(37)26(28(33)36)25-18(4)8-9-23-22(25)14-39-41-23)44(31-19(5)10-12-38-30(31)17(2)3)35(46)40-34(27)43(21)15-20(42)6/h7-10,12,14,17,20-21H,1,11,13,15-16H2,2-6H3,(H,39,41). The second-order valence-electron chi connectivity index (χ2n) is 12.7. The lowest BCUT2D eigenvalue weighted by atomic mass is 9.93. The van der Waals surface area contributed by atoms with Gasteiger partial charge in [0.1, 0.15) is 11.3 Å². The van der Waals surface area contributed by atoms with E-state index in [9.17, 15) is 9.59 Å². The van der Waals surface area contributed by atoms with Crippen LogP contribution in [0.15, 0.2) is 48.0 Å². The van der Waals surface area contributed by atoms with Gasteiger partial charge in [0.2, 0.25) is 5.91 Å². The molecule has 2 aliphatic heterocycles. The lowest BCUT2D eigenvalue weighted by Gasteiger charge is -2.46. The summed E-state index contributed by atoms with van der Waals surface area (Å²) in [5, 5.41) is 8.24. The summed E-state index contributed by atoms with van der Waals surface area (Å²) in [7, 11) is 0. The van der Waals surface area contributed by atoms with Gasteiger partial charge in [0.05, 0.1) is 46.2 Å². The second-order valence-corrected chi connectivity index (χ2v) is 13.1. The van der Waals surface area contributed by atoms with Crippen molar-refractivity contribution >= 4 is 45.1 Å². The van der Waals surface area contributed by atoms with Crippen LogP contribution in [0.3, 0.4) is 0 Å². The number of piperazine rings is 1. The van der Waals surface area contributed by atoms with Gasteiger partial charge in [-0.15, -0.1) is 0 Å². The lowest BCUT2D eigenvalue weighted by Crippen LogP contribution is -2.60. The van der Waals surface area contributed by atoms with Crippen molar-refractivity contribution in [2.75, 3.05) is 24.6 Å². The van der Waals surface area contributed by atoms with Crippen molar-refractivity contribution in [3.8, 4) is 22.6 Å². The van der Waals surface area contributed by atoms with Crippen molar-refractivity contribution in [3.63, 3.8) is 0 Å². The quantitative estimate of drug-likeness (QED) is 0.229. The van der Waals surface area contributed by atoms with Gasteiger partial charge >= 0.3 is 5.69 Å². The van der Waals surface area contributed by atoms with Gasteiger partial charge in [-0.25, -0.2) is 9.18 Å². The molecule has 10 nitrogen and oxygen atoms in total. The van der Waals surface area contributed by atoms with Crippen LogP contribution in [0.1, 0.15) is 49.9 Å². The number of anilines is 1. The summed E-state index contributed by atoms with van der Waals surface area (Å²) in [6.07, 6.45) is 5.15. The number of amides is 1. The Hall–Kier alpha value is -4.77.